The van der Waals surface area contributed by atoms with Crippen LogP contribution in [0.25, 0.3) is 11.0 Å². The van der Waals surface area contributed by atoms with Gasteiger partial charge in [-0.1, -0.05) is 45.0 Å². The average Bonchev–Trinajstić information content (AvgIpc) is 3.16. The molecule has 7 nitrogen and oxygen atoms in total. The predicted molar refractivity (Wildman–Crippen MR) is 120 cm³/mol. The van der Waals surface area contributed by atoms with Gasteiger partial charge >= 0.3 is 5.97 Å². The number of imidazole rings is 1. The first-order chi connectivity index (χ1) is 14.9. The Morgan fingerprint density at radius 2 is 1.84 bits per heavy atom. The number of para-hydroxylation sites is 2. The lowest BCUT2D eigenvalue weighted by molar-refractivity contribution is 0.0603. The van der Waals surface area contributed by atoms with Crippen LogP contribution in [0.3, 0.4) is 0 Å². The van der Waals surface area contributed by atoms with Crippen LogP contribution in [0.15, 0.2) is 60.8 Å². The number of anilines is 2. The normalized spacial score (nSPS) is 11.4. The zero-order valence-electron chi connectivity index (χ0n) is 17.9. The van der Waals surface area contributed by atoms with Crippen molar-refractivity contribution in [3.05, 3.63) is 71.9 Å². The van der Waals surface area contributed by atoms with Crippen LogP contribution in [0.2, 0.25) is 0 Å². The van der Waals surface area contributed by atoms with Crippen molar-refractivity contribution in [2.75, 3.05) is 12.4 Å². The molecule has 0 bridgehead atoms. The van der Waals surface area contributed by atoms with Crippen molar-refractivity contribution in [2.45, 2.75) is 26.2 Å². The highest BCUT2D eigenvalue weighted by Crippen LogP contribution is 2.36. The number of rotatable bonds is 5. The van der Waals surface area contributed by atoms with Crippen molar-refractivity contribution < 1.29 is 14.3 Å². The van der Waals surface area contributed by atoms with Crippen LogP contribution in [0.5, 0.6) is 11.6 Å². The number of fused-ring (bicyclic) bond motifs is 1. The fourth-order valence-electron chi connectivity index (χ4n) is 3.34. The second kappa shape index (κ2) is 8.10. The third kappa shape index (κ3) is 4.21. The molecular formula is C24H24N4O3. The van der Waals surface area contributed by atoms with E-state index in [0.717, 1.165) is 16.8 Å². The third-order valence-corrected chi connectivity index (χ3v) is 4.84. The summed E-state index contributed by atoms with van der Waals surface area (Å²) in [6, 6.07) is 16.9. The van der Waals surface area contributed by atoms with E-state index in [9.17, 15) is 4.79 Å². The number of ether oxygens (including phenoxy) is 2. The van der Waals surface area contributed by atoms with Gasteiger partial charge in [-0.3, -0.25) is 0 Å². The lowest BCUT2D eigenvalue weighted by atomic mass is 9.86. The summed E-state index contributed by atoms with van der Waals surface area (Å²) in [5.41, 5.74) is 3.28. The Morgan fingerprint density at radius 3 is 2.61 bits per heavy atom. The first-order valence-corrected chi connectivity index (χ1v) is 9.93. The summed E-state index contributed by atoms with van der Waals surface area (Å²) >= 11 is 0. The molecule has 0 amide bonds. The van der Waals surface area contributed by atoms with Gasteiger partial charge in [0.05, 0.1) is 18.2 Å². The fourth-order valence-corrected chi connectivity index (χ4v) is 3.34. The van der Waals surface area contributed by atoms with Gasteiger partial charge in [0.15, 0.2) is 0 Å². The van der Waals surface area contributed by atoms with Gasteiger partial charge in [-0.15, -0.1) is 0 Å². The Bertz CT molecular complexity index is 1240. The topological polar surface area (TPSA) is 89.1 Å². The number of nitrogens with zero attached hydrogens (tertiary/aromatic N) is 2. The van der Waals surface area contributed by atoms with Crippen molar-refractivity contribution in [3.63, 3.8) is 0 Å². The van der Waals surface area contributed by atoms with Gasteiger partial charge in [-0.25, -0.2) is 14.8 Å². The van der Waals surface area contributed by atoms with Crippen molar-refractivity contribution in [1.82, 2.24) is 15.0 Å². The van der Waals surface area contributed by atoms with E-state index >= 15 is 0 Å². The quantitative estimate of drug-likeness (QED) is 0.413. The molecule has 2 N–H and O–H groups in total. The molecule has 0 aliphatic rings. The molecule has 4 rings (SSSR count). The van der Waals surface area contributed by atoms with Gasteiger partial charge in [0, 0.05) is 11.8 Å². The minimum atomic E-state index is -0.437. The van der Waals surface area contributed by atoms with Crippen LogP contribution in [-0.4, -0.2) is 28.0 Å². The molecule has 0 unspecified atom stereocenters. The Kier molecular flexibility index (Phi) is 5.33. The van der Waals surface area contributed by atoms with Gasteiger partial charge in [0.2, 0.25) is 11.8 Å². The third-order valence-electron chi connectivity index (χ3n) is 4.84. The minimum Gasteiger partial charge on any atom is -0.465 e. The highest BCUT2D eigenvalue weighted by Gasteiger charge is 2.20. The van der Waals surface area contributed by atoms with Crippen molar-refractivity contribution in [1.29, 1.82) is 0 Å². The van der Waals surface area contributed by atoms with Crippen LogP contribution < -0.4 is 10.1 Å². The first kappa shape index (κ1) is 20.4. The average molecular weight is 416 g/mol. The molecule has 0 fully saturated rings. The largest absolute Gasteiger partial charge is 0.465 e. The number of nitrogens with one attached hydrogen (secondary N) is 2. The Balaban J connectivity index is 1.67. The molecule has 0 radical (unpaired) electrons. The summed E-state index contributed by atoms with van der Waals surface area (Å²) in [5.74, 6) is 1.20. The molecule has 158 valence electrons. The molecule has 2 aromatic heterocycles. The van der Waals surface area contributed by atoms with Gasteiger partial charge in [-0.05, 0) is 35.7 Å². The molecule has 7 heteroatoms. The number of hydrogen-bond acceptors (Lipinski definition) is 6. The highest BCUT2D eigenvalue weighted by molar-refractivity contribution is 6.02. The minimum absolute atomic E-state index is 0.0814. The van der Waals surface area contributed by atoms with Crippen LogP contribution in [0.1, 0.15) is 36.7 Å². The SMILES string of the molecule is COC(=O)c1cccc2[nH]c(Nc3cccnc3Oc3ccccc3C(C)(C)C)nc12. The van der Waals surface area contributed by atoms with E-state index in [1.807, 2.05) is 36.4 Å². The molecule has 0 aliphatic carbocycles. The van der Waals surface area contributed by atoms with E-state index in [0.29, 0.717) is 28.6 Å². The number of aromatic nitrogens is 3. The van der Waals surface area contributed by atoms with Crippen molar-refractivity contribution in [2.24, 2.45) is 0 Å². The lowest BCUT2D eigenvalue weighted by Crippen LogP contribution is -2.12. The van der Waals surface area contributed by atoms with Crippen molar-refractivity contribution >= 4 is 28.6 Å². The predicted octanol–water partition coefficient (Wildman–Crippen LogP) is 5.58. The summed E-state index contributed by atoms with van der Waals surface area (Å²) in [7, 11) is 1.35. The number of methoxy groups -OCH3 is 1. The number of carbonyl (C=O) groups excluding carboxylic acids is 1. The van der Waals surface area contributed by atoms with Crippen LogP contribution in [0.4, 0.5) is 11.6 Å². The second-order valence-electron chi connectivity index (χ2n) is 8.11. The maximum absolute atomic E-state index is 12.0. The number of pyridine rings is 1. The lowest BCUT2D eigenvalue weighted by Gasteiger charge is -2.22. The monoisotopic (exact) mass is 416 g/mol. The molecule has 0 spiro atoms. The Morgan fingerprint density at radius 1 is 1.03 bits per heavy atom. The standard InChI is InChI=1S/C24H24N4O3/c1-24(2,3)16-10-5-6-13-19(16)31-21-18(12-8-14-25-21)27-23-26-17-11-7-9-15(20(17)28-23)22(29)30-4/h5-14H,1-4H3,(H2,26,27,28). The number of aromatic amines is 1. The molecular weight excluding hydrogens is 392 g/mol. The summed E-state index contributed by atoms with van der Waals surface area (Å²) < 4.78 is 11.1. The van der Waals surface area contributed by atoms with E-state index in [4.69, 9.17) is 9.47 Å². The first-order valence-electron chi connectivity index (χ1n) is 9.93. The molecule has 0 atom stereocenters. The number of benzene rings is 2. The number of H-pyrrole nitrogens is 1. The van der Waals surface area contributed by atoms with E-state index in [-0.39, 0.29) is 5.41 Å². The molecule has 0 saturated heterocycles. The molecule has 4 aromatic rings. The summed E-state index contributed by atoms with van der Waals surface area (Å²) in [6.07, 6.45) is 1.67. The molecule has 31 heavy (non-hydrogen) atoms. The molecule has 0 aliphatic heterocycles. The van der Waals surface area contributed by atoms with Crippen LogP contribution in [0, 0.1) is 0 Å². The highest BCUT2D eigenvalue weighted by atomic mass is 16.5. The van der Waals surface area contributed by atoms with E-state index in [2.05, 4.69) is 47.1 Å². The van der Waals surface area contributed by atoms with E-state index in [1.54, 1.807) is 18.3 Å². The fraction of sp³-hybridized carbons (Fsp3) is 0.208. The van der Waals surface area contributed by atoms with Crippen LogP contribution in [-0.2, 0) is 10.2 Å². The van der Waals surface area contributed by atoms with Crippen molar-refractivity contribution in [3.8, 4) is 11.6 Å². The van der Waals surface area contributed by atoms with Gasteiger partial charge in [0.25, 0.3) is 0 Å². The maximum Gasteiger partial charge on any atom is 0.340 e. The van der Waals surface area contributed by atoms with Gasteiger partial charge in [0.1, 0.15) is 17.0 Å². The Hall–Kier alpha value is -3.87. The number of carbonyl (C=O) groups is 1. The molecule has 2 aromatic carbocycles. The summed E-state index contributed by atoms with van der Waals surface area (Å²) in [5, 5.41) is 3.22. The van der Waals surface area contributed by atoms with Crippen LogP contribution >= 0.6 is 0 Å². The number of hydrogen-bond donors (Lipinski definition) is 2. The zero-order valence-corrected chi connectivity index (χ0v) is 17.9. The zero-order chi connectivity index (χ0) is 22.0. The maximum atomic E-state index is 12.0. The van der Waals surface area contributed by atoms with Gasteiger partial charge in [-0.2, -0.15) is 0 Å². The molecule has 2 heterocycles. The second-order valence-corrected chi connectivity index (χ2v) is 8.11. The van der Waals surface area contributed by atoms with E-state index < -0.39 is 5.97 Å². The molecule has 0 saturated carbocycles. The van der Waals surface area contributed by atoms with E-state index in [1.165, 1.54) is 7.11 Å². The Labute approximate surface area is 180 Å². The smallest absolute Gasteiger partial charge is 0.340 e. The number of esters is 1. The summed E-state index contributed by atoms with van der Waals surface area (Å²) in [6.45, 7) is 6.42. The summed E-state index contributed by atoms with van der Waals surface area (Å²) in [4.78, 5) is 24.2. The van der Waals surface area contributed by atoms with Gasteiger partial charge < -0.3 is 19.8 Å².